The molecule has 0 aliphatic carbocycles. The summed E-state index contributed by atoms with van der Waals surface area (Å²) in [6.45, 7) is 2.37. The van der Waals surface area contributed by atoms with Crippen LogP contribution in [-0.4, -0.2) is 41.4 Å². The van der Waals surface area contributed by atoms with Crippen molar-refractivity contribution in [3.05, 3.63) is 38.9 Å². The second kappa shape index (κ2) is 6.84. The van der Waals surface area contributed by atoms with Crippen LogP contribution in [0.3, 0.4) is 0 Å². The Labute approximate surface area is 139 Å². The number of nitro benzene ring substituents is 1. The summed E-state index contributed by atoms with van der Waals surface area (Å²) in [5.41, 5.74) is -0.0982. The molecule has 1 atom stereocenters. The van der Waals surface area contributed by atoms with Gasteiger partial charge in [-0.15, -0.1) is 0 Å². The van der Waals surface area contributed by atoms with E-state index in [4.69, 9.17) is 11.6 Å². The summed E-state index contributed by atoms with van der Waals surface area (Å²) in [5, 5.41) is 15.0. The highest BCUT2D eigenvalue weighted by atomic mass is 35.5. The lowest BCUT2D eigenvalue weighted by Gasteiger charge is -2.34. The Kier molecular flexibility index (Phi) is 4.82. The Balaban J connectivity index is 1.70. The van der Waals surface area contributed by atoms with Gasteiger partial charge in [0.05, 0.1) is 4.92 Å². The summed E-state index contributed by atoms with van der Waals surface area (Å²) in [4.78, 5) is 25.0. The molecule has 6 nitrogen and oxygen atoms in total. The van der Waals surface area contributed by atoms with E-state index in [1.165, 1.54) is 31.0 Å². The molecule has 2 aliphatic heterocycles. The van der Waals surface area contributed by atoms with Crippen LogP contribution in [0, 0.1) is 16.0 Å². The van der Waals surface area contributed by atoms with Gasteiger partial charge >= 0.3 is 0 Å². The molecule has 2 heterocycles. The molecular formula is C16H20ClN3O3. The molecule has 124 valence electrons. The largest absolute Gasteiger partial charge is 0.338 e. The van der Waals surface area contributed by atoms with Crippen molar-refractivity contribution in [3.63, 3.8) is 0 Å². The maximum Gasteiger partial charge on any atom is 0.282 e. The van der Waals surface area contributed by atoms with Crippen LogP contribution < -0.4 is 5.32 Å². The molecule has 1 N–H and O–H groups in total. The number of nitrogens with one attached hydrogen (secondary N) is 1. The minimum absolute atomic E-state index is 0.0833. The van der Waals surface area contributed by atoms with E-state index in [9.17, 15) is 14.9 Å². The Hall–Kier alpha value is -1.66. The molecule has 0 saturated carbocycles. The fraction of sp³-hybridized carbons (Fsp3) is 0.562. The first-order chi connectivity index (χ1) is 11.1. The van der Waals surface area contributed by atoms with E-state index >= 15 is 0 Å². The van der Waals surface area contributed by atoms with Crippen LogP contribution in [-0.2, 0) is 0 Å². The summed E-state index contributed by atoms with van der Waals surface area (Å²) in [7, 11) is 0. The van der Waals surface area contributed by atoms with Crippen LogP contribution in [0.1, 0.15) is 36.0 Å². The van der Waals surface area contributed by atoms with Gasteiger partial charge in [0.15, 0.2) is 0 Å². The van der Waals surface area contributed by atoms with Gasteiger partial charge in [0.1, 0.15) is 5.56 Å². The zero-order chi connectivity index (χ0) is 16.4. The molecule has 1 amide bonds. The molecule has 1 aromatic carbocycles. The second-order valence-electron chi connectivity index (χ2n) is 6.25. The normalized spacial score (nSPS) is 22.3. The molecule has 0 radical (unpaired) electrons. The Bertz CT molecular complexity index is 609. The van der Waals surface area contributed by atoms with E-state index in [2.05, 4.69) is 5.32 Å². The zero-order valence-electron chi connectivity index (χ0n) is 12.8. The molecule has 0 bridgehead atoms. The quantitative estimate of drug-likeness (QED) is 0.679. The number of benzene rings is 1. The van der Waals surface area contributed by atoms with Crippen LogP contribution >= 0.6 is 11.6 Å². The lowest BCUT2D eigenvalue weighted by atomic mass is 9.88. The monoisotopic (exact) mass is 337 g/mol. The summed E-state index contributed by atoms with van der Waals surface area (Å²) < 4.78 is 0. The molecule has 2 aliphatic rings. The predicted molar refractivity (Wildman–Crippen MR) is 87.8 cm³/mol. The third kappa shape index (κ3) is 3.48. The van der Waals surface area contributed by atoms with Crippen molar-refractivity contribution in [1.29, 1.82) is 0 Å². The highest BCUT2D eigenvalue weighted by Crippen LogP contribution is 2.29. The molecule has 3 rings (SSSR count). The molecule has 0 spiro atoms. The third-order valence-corrected chi connectivity index (χ3v) is 5.12. The number of nitrogens with zero attached hydrogens (tertiary/aromatic N) is 2. The van der Waals surface area contributed by atoms with Crippen molar-refractivity contribution in [2.45, 2.75) is 31.7 Å². The second-order valence-corrected chi connectivity index (χ2v) is 6.69. The molecule has 23 heavy (non-hydrogen) atoms. The van der Waals surface area contributed by atoms with E-state index < -0.39 is 4.92 Å². The van der Waals surface area contributed by atoms with Gasteiger partial charge in [0, 0.05) is 30.2 Å². The first kappa shape index (κ1) is 16.2. The van der Waals surface area contributed by atoms with Crippen LogP contribution in [0.15, 0.2) is 18.2 Å². The van der Waals surface area contributed by atoms with E-state index in [0.29, 0.717) is 30.1 Å². The minimum atomic E-state index is -0.529. The first-order valence-electron chi connectivity index (χ1n) is 8.03. The molecule has 2 fully saturated rings. The van der Waals surface area contributed by atoms with Crippen molar-refractivity contribution < 1.29 is 9.72 Å². The number of piperidine rings is 1. The highest BCUT2D eigenvalue weighted by molar-refractivity contribution is 6.31. The van der Waals surface area contributed by atoms with Gasteiger partial charge in [-0.2, -0.15) is 0 Å². The summed E-state index contributed by atoms with van der Waals surface area (Å²) in [6, 6.07) is 4.69. The topological polar surface area (TPSA) is 75.5 Å². The van der Waals surface area contributed by atoms with Gasteiger partial charge in [-0.3, -0.25) is 14.9 Å². The standard InChI is InChI=1S/C16H20ClN3O3/c17-12-3-4-15(20(22)23)13(10-12)16(21)19-8-5-11(6-9-19)14-2-1-7-18-14/h3-4,10-11,14,18H,1-2,5-9H2. The van der Waals surface area contributed by atoms with E-state index in [1.807, 2.05) is 0 Å². The van der Waals surface area contributed by atoms with Crippen LogP contribution in [0.2, 0.25) is 5.02 Å². The number of amides is 1. The van der Waals surface area contributed by atoms with Crippen molar-refractivity contribution in [2.75, 3.05) is 19.6 Å². The van der Waals surface area contributed by atoms with Crippen molar-refractivity contribution in [3.8, 4) is 0 Å². The van der Waals surface area contributed by atoms with Crippen LogP contribution in [0.5, 0.6) is 0 Å². The van der Waals surface area contributed by atoms with Gasteiger partial charge in [-0.05, 0) is 50.3 Å². The van der Waals surface area contributed by atoms with Gasteiger partial charge in [-0.25, -0.2) is 0 Å². The Morgan fingerprint density at radius 3 is 2.65 bits per heavy atom. The average Bonchev–Trinajstić information content (AvgIpc) is 3.08. The number of hydrogen-bond acceptors (Lipinski definition) is 4. The maximum absolute atomic E-state index is 12.7. The van der Waals surface area contributed by atoms with Gasteiger partial charge in [0.2, 0.25) is 0 Å². The van der Waals surface area contributed by atoms with Gasteiger partial charge in [0.25, 0.3) is 11.6 Å². The third-order valence-electron chi connectivity index (χ3n) is 4.88. The number of carbonyl (C=O) groups is 1. The van der Waals surface area contributed by atoms with Crippen molar-refractivity contribution in [1.82, 2.24) is 10.2 Å². The summed E-state index contributed by atoms with van der Waals surface area (Å²) in [6.07, 6.45) is 4.31. The highest BCUT2D eigenvalue weighted by Gasteiger charge is 2.32. The fourth-order valence-electron chi connectivity index (χ4n) is 3.63. The number of halogens is 1. The number of rotatable bonds is 3. The number of hydrogen-bond donors (Lipinski definition) is 1. The molecule has 7 heteroatoms. The molecule has 1 unspecified atom stereocenters. The number of nitro groups is 1. The number of likely N-dealkylation sites (tertiary alicyclic amines) is 1. The molecular weight excluding hydrogens is 318 g/mol. The maximum atomic E-state index is 12.7. The minimum Gasteiger partial charge on any atom is -0.338 e. The average molecular weight is 338 g/mol. The van der Waals surface area contributed by atoms with Crippen LogP contribution in [0.4, 0.5) is 5.69 Å². The van der Waals surface area contributed by atoms with Crippen molar-refractivity contribution in [2.24, 2.45) is 5.92 Å². The lowest BCUT2D eigenvalue weighted by molar-refractivity contribution is -0.385. The fourth-order valence-corrected chi connectivity index (χ4v) is 3.80. The van der Waals surface area contributed by atoms with Gasteiger partial charge in [-0.1, -0.05) is 11.6 Å². The SMILES string of the molecule is O=C(c1cc(Cl)ccc1[N+](=O)[O-])N1CCC(C2CCCN2)CC1. The van der Waals surface area contributed by atoms with E-state index in [-0.39, 0.29) is 17.2 Å². The molecule has 2 saturated heterocycles. The van der Waals surface area contributed by atoms with E-state index in [1.54, 1.807) is 4.90 Å². The van der Waals surface area contributed by atoms with Crippen molar-refractivity contribution >= 4 is 23.2 Å². The smallest absolute Gasteiger partial charge is 0.282 e. The summed E-state index contributed by atoms with van der Waals surface area (Å²) in [5.74, 6) is 0.299. The van der Waals surface area contributed by atoms with E-state index in [0.717, 1.165) is 19.4 Å². The Morgan fingerprint density at radius 1 is 1.30 bits per heavy atom. The first-order valence-corrected chi connectivity index (χ1v) is 8.40. The summed E-state index contributed by atoms with van der Waals surface area (Å²) >= 11 is 5.91. The Morgan fingerprint density at radius 2 is 2.04 bits per heavy atom. The van der Waals surface area contributed by atoms with Gasteiger partial charge < -0.3 is 10.2 Å². The number of carbonyl (C=O) groups excluding carboxylic acids is 1. The zero-order valence-corrected chi connectivity index (χ0v) is 13.6. The molecule has 0 aromatic heterocycles. The predicted octanol–water partition coefficient (Wildman–Crippen LogP) is 2.85. The molecule has 1 aromatic rings. The van der Waals surface area contributed by atoms with Crippen LogP contribution in [0.25, 0.3) is 0 Å². The lowest BCUT2D eigenvalue weighted by Crippen LogP contribution is -2.43.